The van der Waals surface area contributed by atoms with Gasteiger partial charge >= 0.3 is 0 Å². The summed E-state index contributed by atoms with van der Waals surface area (Å²) < 4.78 is 32.1. The lowest BCUT2D eigenvalue weighted by Gasteiger charge is -2.11. The lowest BCUT2D eigenvalue weighted by atomic mass is 10.1. The molecule has 0 atom stereocenters. The van der Waals surface area contributed by atoms with Crippen LogP contribution in [0.2, 0.25) is 0 Å². The maximum atomic E-state index is 12.1. The van der Waals surface area contributed by atoms with Crippen LogP contribution in [0.3, 0.4) is 0 Å². The minimum absolute atomic E-state index is 0.154. The van der Waals surface area contributed by atoms with Crippen LogP contribution < -0.4 is 14.8 Å². The fourth-order valence-electron chi connectivity index (χ4n) is 2.57. The lowest BCUT2D eigenvalue weighted by Crippen LogP contribution is -2.30. The molecule has 0 unspecified atom stereocenters. The van der Waals surface area contributed by atoms with E-state index < -0.39 is 10.0 Å². The van der Waals surface area contributed by atoms with Gasteiger partial charge in [0, 0.05) is 11.7 Å². The van der Waals surface area contributed by atoms with E-state index in [9.17, 15) is 13.2 Å². The van der Waals surface area contributed by atoms with Crippen LogP contribution in [0.4, 0.5) is 5.69 Å². The van der Waals surface area contributed by atoms with E-state index in [1.165, 1.54) is 29.8 Å². The Balaban J connectivity index is 1.85. The summed E-state index contributed by atoms with van der Waals surface area (Å²) in [6, 6.07) is 13.6. The topological polar surface area (TPSA) is 84.5 Å². The standard InChI is InChI=1S/C21H28N2O4S/c1-4-5-6-17-7-9-18(10-8-17)22-21(24)15-27-19-11-13-20(14-12-19)28(25,26)23-16(2)3/h7-14,16,23H,4-6,15H2,1-3H3,(H,22,24). The second kappa shape index (κ2) is 10.2. The molecular formula is C21H28N2O4S. The molecule has 0 spiro atoms. The number of aryl methyl sites for hydroxylation is 1. The average molecular weight is 405 g/mol. The molecule has 1 amide bonds. The highest BCUT2D eigenvalue weighted by Gasteiger charge is 2.15. The van der Waals surface area contributed by atoms with Crippen molar-refractivity contribution in [2.75, 3.05) is 11.9 Å². The quantitative estimate of drug-likeness (QED) is 0.632. The van der Waals surface area contributed by atoms with Gasteiger partial charge in [-0.2, -0.15) is 0 Å². The van der Waals surface area contributed by atoms with Gasteiger partial charge in [-0.15, -0.1) is 0 Å². The lowest BCUT2D eigenvalue weighted by molar-refractivity contribution is -0.118. The Bertz CT molecular complexity index is 860. The number of carbonyl (C=O) groups excluding carboxylic acids is 1. The summed E-state index contributed by atoms with van der Waals surface area (Å²) >= 11 is 0. The molecular weight excluding hydrogens is 376 g/mol. The van der Waals surface area contributed by atoms with Crippen molar-refractivity contribution in [3.05, 3.63) is 54.1 Å². The number of carbonyl (C=O) groups is 1. The minimum Gasteiger partial charge on any atom is -0.484 e. The van der Waals surface area contributed by atoms with E-state index in [-0.39, 0.29) is 23.5 Å². The number of sulfonamides is 1. The van der Waals surface area contributed by atoms with Gasteiger partial charge in [-0.25, -0.2) is 13.1 Å². The van der Waals surface area contributed by atoms with Gasteiger partial charge in [-0.3, -0.25) is 4.79 Å². The Morgan fingerprint density at radius 1 is 1.04 bits per heavy atom. The maximum absolute atomic E-state index is 12.1. The van der Waals surface area contributed by atoms with Gasteiger partial charge in [0.2, 0.25) is 10.0 Å². The van der Waals surface area contributed by atoms with E-state index in [0.29, 0.717) is 5.75 Å². The first-order chi connectivity index (χ1) is 13.3. The fourth-order valence-corrected chi connectivity index (χ4v) is 3.83. The number of anilines is 1. The first-order valence-corrected chi connectivity index (χ1v) is 10.9. The van der Waals surface area contributed by atoms with Gasteiger partial charge in [0.25, 0.3) is 5.91 Å². The third-order valence-corrected chi connectivity index (χ3v) is 5.63. The monoisotopic (exact) mass is 404 g/mol. The molecule has 2 aromatic carbocycles. The van der Waals surface area contributed by atoms with Crippen molar-refractivity contribution in [1.29, 1.82) is 0 Å². The minimum atomic E-state index is -3.54. The predicted molar refractivity (Wildman–Crippen MR) is 111 cm³/mol. The van der Waals surface area contributed by atoms with Gasteiger partial charge < -0.3 is 10.1 Å². The van der Waals surface area contributed by atoms with Crippen molar-refractivity contribution in [1.82, 2.24) is 4.72 Å². The maximum Gasteiger partial charge on any atom is 0.262 e. The molecule has 0 aliphatic rings. The number of hydrogen-bond donors (Lipinski definition) is 2. The molecule has 0 heterocycles. The highest BCUT2D eigenvalue weighted by molar-refractivity contribution is 7.89. The van der Waals surface area contributed by atoms with Gasteiger partial charge in [-0.05, 0) is 68.7 Å². The average Bonchev–Trinajstić information content (AvgIpc) is 2.65. The Morgan fingerprint density at radius 3 is 2.25 bits per heavy atom. The molecule has 7 heteroatoms. The molecule has 152 valence electrons. The van der Waals surface area contributed by atoms with Crippen LogP contribution in [0.15, 0.2) is 53.4 Å². The van der Waals surface area contributed by atoms with Gasteiger partial charge in [-0.1, -0.05) is 25.5 Å². The number of amides is 1. The molecule has 6 nitrogen and oxygen atoms in total. The van der Waals surface area contributed by atoms with Gasteiger partial charge in [0.15, 0.2) is 6.61 Å². The van der Waals surface area contributed by atoms with Crippen LogP contribution in [-0.4, -0.2) is 27.0 Å². The molecule has 0 saturated heterocycles. The number of ether oxygens (including phenoxy) is 1. The summed E-state index contributed by atoms with van der Waals surface area (Å²) in [7, 11) is -3.54. The van der Waals surface area contributed by atoms with Crippen LogP contribution >= 0.6 is 0 Å². The van der Waals surface area contributed by atoms with Crippen LogP contribution in [0.25, 0.3) is 0 Å². The van der Waals surface area contributed by atoms with E-state index >= 15 is 0 Å². The van der Waals surface area contributed by atoms with E-state index in [1.807, 2.05) is 24.3 Å². The van der Waals surface area contributed by atoms with E-state index in [2.05, 4.69) is 17.0 Å². The van der Waals surface area contributed by atoms with Gasteiger partial charge in [0.05, 0.1) is 4.90 Å². The highest BCUT2D eigenvalue weighted by Crippen LogP contribution is 2.17. The first kappa shape index (κ1) is 21.9. The molecule has 0 aromatic heterocycles. The second-order valence-electron chi connectivity index (χ2n) is 6.88. The normalized spacial score (nSPS) is 11.4. The Morgan fingerprint density at radius 2 is 1.68 bits per heavy atom. The fraction of sp³-hybridized carbons (Fsp3) is 0.381. The number of nitrogens with one attached hydrogen (secondary N) is 2. The Labute approximate surface area is 167 Å². The van der Waals surface area contributed by atoms with E-state index in [1.54, 1.807) is 13.8 Å². The Kier molecular flexibility index (Phi) is 8.02. The summed E-state index contributed by atoms with van der Waals surface area (Å²) in [5, 5.41) is 2.78. The summed E-state index contributed by atoms with van der Waals surface area (Å²) in [5.74, 6) is 0.146. The molecule has 0 aliphatic heterocycles. The van der Waals surface area contributed by atoms with Crippen molar-refractivity contribution in [3.8, 4) is 5.75 Å². The SMILES string of the molecule is CCCCc1ccc(NC(=O)COc2ccc(S(=O)(=O)NC(C)C)cc2)cc1. The molecule has 0 bridgehead atoms. The number of rotatable bonds is 10. The zero-order valence-electron chi connectivity index (χ0n) is 16.6. The van der Waals surface area contributed by atoms with Crippen molar-refractivity contribution >= 4 is 21.6 Å². The van der Waals surface area contributed by atoms with Crippen LogP contribution in [0.5, 0.6) is 5.75 Å². The van der Waals surface area contributed by atoms with E-state index in [0.717, 1.165) is 24.9 Å². The van der Waals surface area contributed by atoms with Crippen molar-refractivity contribution in [2.24, 2.45) is 0 Å². The molecule has 28 heavy (non-hydrogen) atoms. The predicted octanol–water partition coefficient (Wildman–Crippen LogP) is 3.73. The molecule has 0 saturated carbocycles. The van der Waals surface area contributed by atoms with Crippen LogP contribution in [-0.2, 0) is 21.2 Å². The highest BCUT2D eigenvalue weighted by atomic mass is 32.2. The van der Waals surface area contributed by atoms with E-state index in [4.69, 9.17) is 4.74 Å². The third kappa shape index (κ3) is 6.98. The first-order valence-electron chi connectivity index (χ1n) is 9.44. The zero-order chi connectivity index (χ0) is 20.6. The second-order valence-corrected chi connectivity index (χ2v) is 8.60. The summed E-state index contributed by atoms with van der Waals surface area (Å²) in [6.45, 7) is 5.51. The summed E-state index contributed by atoms with van der Waals surface area (Å²) in [4.78, 5) is 12.2. The zero-order valence-corrected chi connectivity index (χ0v) is 17.4. The van der Waals surface area contributed by atoms with Crippen LogP contribution in [0, 0.1) is 0 Å². The number of unbranched alkanes of at least 4 members (excludes halogenated alkanes) is 1. The van der Waals surface area contributed by atoms with Crippen molar-refractivity contribution in [2.45, 2.75) is 51.0 Å². The number of hydrogen-bond acceptors (Lipinski definition) is 4. The summed E-state index contributed by atoms with van der Waals surface area (Å²) in [5.41, 5.74) is 1.97. The molecule has 0 aliphatic carbocycles. The summed E-state index contributed by atoms with van der Waals surface area (Å²) in [6.07, 6.45) is 3.33. The smallest absolute Gasteiger partial charge is 0.262 e. The van der Waals surface area contributed by atoms with Crippen molar-refractivity contribution in [3.63, 3.8) is 0 Å². The molecule has 2 rings (SSSR count). The van der Waals surface area contributed by atoms with Crippen LogP contribution in [0.1, 0.15) is 39.2 Å². The Hall–Kier alpha value is -2.38. The molecule has 0 fully saturated rings. The van der Waals surface area contributed by atoms with Gasteiger partial charge in [0.1, 0.15) is 5.75 Å². The largest absolute Gasteiger partial charge is 0.484 e. The molecule has 2 N–H and O–H groups in total. The number of benzene rings is 2. The third-order valence-electron chi connectivity index (χ3n) is 3.95. The molecule has 2 aromatic rings. The van der Waals surface area contributed by atoms with Crippen molar-refractivity contribution < 1.29 is 17.9 Å². The molecule has 0 radical (unpaired) electrons.